The van der Waals surface area contributed by atoms with Crippen LogP contribution < -0.4 is 0 Å². The van der Waals surface area contributed by atoms with Crippen LogP contribution in [0.1, 0.15) is 0 Å². The van der Waals surface area contributed by atoms with E-state index in [1.807, 2.05) is 0 Å². The summed E-state index contributed by atoms with van der Waals surface area (Å²) in [5, 5.41) is 134. The lowest BCUT2D eigenvalue weighted by Gasteiger charge is -2.37. The molecule has 18 nitrogen and oxygen atoms in total. The van der Waals surface area contributed by atoms with Crippen LogP contribution in [0.3, 0.4) is 0 Å². The Bertz CT molecular complexity index is 571. The summed E-state index contributed by atoms with van der Waals surface area (Å²) < 4.78 is 13.7. The minimum absolute atomic E-state index is 0.526. The highest BCUT2D eigenvalue weighted by molar-refractivity contribution is 4.90. The average Bonchev–Trinajstić information content (AvgIpc) is 3.13. The standard InChI is InChI=1S/3C6H12O6/c7-1-2(8)5-3(9)4(10)6(11)12-5;2*7-1-2-3(8)4(9)5(10)6(11)12-2/h3*2-11H,1H2/t2-,3+,4?,5-,6+;2?,3-,4-,5?,6+;2?,3-,4-,5?,6-/m111/s1. The molecule has 0 aromatic rings. The lowest BCUT2D eigenvalue weighted by molar-refractivity contribution is -0.286. The Morgan fingerprint density at radius 3 is 1.06 bits per heavy atom. The van der Waals surface area contributed by atoms with Gasteiger partial charge in [-0.05, 0) is 0 Å². The topological polar surface area (TPSA) is 331 Å². The Labute approximate surface area is 203 Å². The van der Waals surface area contributed by atoms with Crippen LogP contribution in [0.5, 0.6) is 0 Å². The maximum Gasteiger partial charge on any atom is 0.184 e. The zero-order valence-corrected chi connectivity index (χ0v) is 18.7. The summed E-state index contributed by atoms with van der Waals surface area (Å²) in [5.41, 5.74) is 0. The molecule has 3 aliphatic heterocycles. The van der Waals surface area contributed by atoms with Crippen molar-refractivity contribution >= 4 is 0 Å². The van der Waals surface area contributed by atoms with Gasteiger partial charge < -0.3 is 90.8 Å². The lowest BCUT2D eigenvalue weighted by Crippen LogP contribution is -2.58. The van der Waals surface area contributed by atoms with Crippen molar-refractivity contribution in [2.24, 2.45) is 0 Å². The number of ether oxygens (including phenoxy) is 3. The fourth-order valence-corrected chi connectivity index (χ4v) is 3.27. The van der Waals surface area contributed by atoms with E-state index < -0.39 is 112 Å². The van der Waals surface area contributed by atoms with Crippen LogP contribution in [-0.2, 0) is 14.2 Å². The fraction of sp³-hybridized carbons (Fsp3) is 1.00. The summed E-state index contributed by atoms with van der Waals surface area (Å²) in [6, 6.07) is 0. The highest BCUT2D eigenvalue weighted by Gasteiger charge is 2.45. The summed E-state index contributed by atoms with van der Waals surface area (Å²) in [6.07, 6.45) is -20.8. The van der Waals surface area contributed by atoms with Gasteiger partial charge in [-0.3, -0.25) is 0 Å². The van der Waals surface area contributed by atoms with Crippen molar-refractivity contribution < 1.29 is 90.8 Å². The highest BCUT2D eigenvalue weighted by Crippen LogP contribution is 2.22. The monoisotopic (exact) mass is 540 g/mol. The van der Waals surface area contributed by atoms with Gasteiger partial charge in [0.2, 0.25) is 0 Å². The van der Waals surface area contributed by atoms with Gasteiger partial charge in [0.15, 0.2) is 18.9 Å². The minimum atomic E-state index is -1.57. The summed E-state index contributed by atoms with van der Waals surface area (Å²) in [7, 11) is 0. The van der Waals surface area contributed by atoms with Crippen molar-refractivity contribution in [1.82, 2.24) is 0 Å². The number of hydrogen-bond acceptors (Lipinski definition) is 18. The Balaban J connectivity index is 0.000000270. The molecule has 3 heterocycles. The van der Waals surface area contributed by atoms with E-state index in [-0.39, 0.29) is 0 Å². The first-order valence-corrected chi connectivity index (χ1v) is 10.7. The number of aliphatic hydroxyl groups is 15. The van der Waals surface area contributed by atoms with Gasteiger partial charge in [0, 0.05) is 0 Å². The van der Waals surface area contributed by atoms with E-state index in [0.717, 1.165) is 0 Å². The van der Waals surface area contributed by atoms with Gasteiger partial charge in [-0.1, -0.05) is 0 Å². The van der Waals surface area contributed by atoms with Gasteiger partial charge in [0.25, 0.3) is 0 Å². The lowest BCUT2D eigenvalue weighted by atomic mass is 10.00. The largest absolute Gasteiger partial charge is 0.394 e. The average molecular weight is 540 g/mol. The number of aliphatic hydroxyl groups excluding tert-OH is 15. The molecular formula is C18H36O18. The van der Waals surface area contributed by atoms with E-state index in [4.69, 9.17) is 76.6 Å². The molecule has 0 aliphatic carbocycles. The van der Waals surface area contributed by atoms with Crippen LogP contribution in [0.25, 0.3) is 0 Å². The van der Waals surface area contributed by atoms with E-state index in [9.17, 15) is 0 Å². The molecule has 0 bridgehead atoms. The second-order valence-corrected chi connectivity index (χ2v) is 8.16. The molecule has 3 rings (SSSR count). The Kier molecular flexibility index (Phi) is 13.9. The molecule has 0 radical (unpaired) electrons. The van der Waals surface area contributed by atoms with Crippen LogP contribution in [0, 0.1) is 0 Å². The van der Waals surface area contributed by atoms with Gasteiger partial charge in [0.1, 0.15) is 73.2 Å². The molecule has 5 unspecified atom stereocenters. The van der Waals surface area contributed by atoms with Crippen LogP contribution in [0.15, 0.2) is 0 Å². The summed E-state index contributed by atoms with van der Waals surface area (Å²) >= 11 is 0. The number of hydrogen-bond donors (Lipinski definition) is 15. The van der Waals surface area contributed by atoms with Crippen molar-refractivity contribution in [3.05, 3.63) is 0 Å². The molecule has 0 aromatic carbocycles. The van der Waals surface area contributed by atoms with Crippen LogP contribution in [-0.4, -0.2) is 189 Å². The van der Waals surface area contributed by atoms with Crippen molar-refractivity contribution in [1.29, 1.82) is 0 Å². The molecule has 216 valence electrons. The molecule has 18 heteroatoms. The molecule has 15 atom stereocenters. The molecule has 3 fully saturated rings. The fourth-order valence-electron chi connectivity index (χ4n) is 3.27. The maximum absolute atomic E-state index is 9.12. The quantitative estimate of drug-likeness (QED) is 0.157. The molecule has 0 saturated carbocycles. The van der Waals surface area contributed by atoms with Crippen molar-refractivity contribution in [2.75, 3.05) is 19.8 Å². The third-order valence-electron chi connectivity index (χ3n) is 5.58. The van der Waals surface area contributed by atoms with Gasteiger partial charge in [0.05, 0.1) is 19.8 Å². The highest BCUT2D eigenvalue weighted by atomic mass is 16.7. The first kappa shape index (κ1) is 33.3. The van der Waals surface area contributed by atoms with E-state index in [1.165, 1.54) is 0 Å². The zero-order chi connectivity index (χ0) is 27.9. The second kappa shape index (κ2) is 15.0. The predicted octanol–water partition coefficient (Wildman–Crippen LogP) is -9.66. The third-order valence-corrected chi connectivity index (χ3v) is 5.58. The Morgan fingerprint density at radius 2 is 0.778 bits per heavy atom. The Morgan fingerprint density at radius 1 is 0.444 bits per heavy atom. The van der Waals surface area contributed by atoms with Crippen molar-refractivity contribution in [3.8, 4) is 0 Å². The van der Waals surface area contributed by atoms with E-state index in [0.29, 0.717) is 0 Å². The predicted molar refractivity (Wildman–Crippen MR) is 108 cm³/mol. The zero-order valence-electron chi connectivity index (χ0n) is 18.7. The smallest absolute Gasteiger partial charge is 0.184 e. The van der Waals surface area contributed by atoms with Crippen LogP contribution in [0.2, 0.25) is 0 Å². The number of rotatable bonds is 4. The van der Waals surface area contributed by atoms with E-state index in [2.05, 4.69) is 14.2 Å². The first-order valence-electron chi connectivity index (χ1n) is 10.7. The molecule has 0 amide bonds. The minimum Gasteiger partial charge on any atom is -0.394 e. The van der Waals surface area contributed by atoms with Crippen molar-refractivity contribution in [2.45, 2.75) is 92.1 Å². The molecule has 3 saturated heterocycles. The van der Waals surface area contributed by atoms with E-state index >= 15 is 0 Å². The molecule has 0 spiro atoms. The normalized spacial score (nSPS) is 47.8. The molecule has 0 aromatic heterocycles. The molecule has 36 heavy (non-hydrogen) atoms. The van der Waals surface area contributed by atoms with Gasteiger partial charge in [-0.15, -0.1) is 0 Å². The van der Waals surface area contributed by atoms with Crippen LogP contribution >= 0.6 is 0 Å². The molecular weight excluding hydrogens is 504 g/mol. The second-order valence-electron chi connectivity index (χ2n) is 8.16. The first-order chi connectivity index (χ1) is 16.7. The summed E-state index contributed by atoms with van der Waals surface area (Å²) in [4.78, 5) is 0. The molecule has 15 N–H and O–H groups in total. The SMILES string of the molecule is OCC1O[C@@H](O)C(O)[C@H](O)[C@@H]1O.OCC1O[C@H](O)C(O)[C@H](O)[C@@H]1O.OC[C@@H](O)[C@H]1O[C@H](O)C(O)[C@@H]1O. The van der Waals surface area contributed by atoms with Crippen LogP contribution in [0.4, 0.5) is 0 Å². The molecule has 3 aliphatic rings. The van der Waals surface area contributed by atoms with Gasteiger partial charge >= 0.3 is 0 Å². The van der Waals surface area contributed by atoms with Gasteiger partial charge in [-0.2, -0.15) is 0 Å². The van der Waals surface area contributed by atoms with E-state index in [1.54, 1.807) is 0 Å². The van der Waals surface area contributed by atoms with Gasteiger partial charge in [-0.25, -0.2) is 0 Å². The summed E-state index contributed by atoms with van der Waals surface area (Å²) in [5.74, 6) is 0. The Hall–Kier alpha value is -0.720. The maximum atomic E-state index is 9.12. The third kappa shape index (κ3) is 8.14. The summed E-state index contributed by atoms with van der Waals surface area (Å²) in [6.45, 7) is -1.65. The van der Waals surface area contributed by atoms with Crippen molar-refractivity contribution in [3.63, 3.8) is 0 Å².